The zero-order valence-corrected chi connectivity index (χ0v) is 13.2. The highest BCUT2D eigenvalue weighted by molar-refractivity contribution is 6.17. The van der Waals surface area contributed by atoms with E-state index >= 15 is 0 Å². The van der Waals surface area contributed by atoms with Crippen molar-refractivity contribution in [1.29, 1.82) is 0 Å². The van der Waals surface area contributed by atoms with Crippen molar-refractivity contribution in [3.8, 4) is 0 Å². The molecule has 0 spiro atoms. The molecule has 1 rings (SSSR count). The van der Waals surface area contributed by atoms with E-state index in [1.807, 2.05) is 12.1 Å². The molecule has 0 aliphatic carbocycles. The Kier molecular flexibility index (Phi) is 6.79. The first-order chi connectivity index (χ1) is 9.54. The van der Waals surface area contributed by atoms with Gasteiger partial charge >= 0.3 is 0 Å². The average Bonchev–Trinajstić information content (AvgIpc) is 2.47. The van der Waals surface area contributed by atoms with E-state index in [1.165, 1.54) is 0 Å². The van der Waals surface area contributed by atoms with E-state index in [-0.39, 0.29) is 16.7 Å². The molecule has 0 saturated carbocycles. The van der Waals surface area contributed by atoms with Crippen LogP contribution in [-0.2, 0) is 5.88 Å². The lowest BCUT2D eigenvalue weighted by atomic mass is 10.1. The average molecular weight is 299 g/mol. The van der Waals surface area contributed by atoms with Gasteiger partial charge in [-0.05, 0) is 31.4 Å². The van der Waals surface area contributed by atoms with E-state index in [0.29, 0.717) is 11.6 Å². The maximum Gasteiger partial charge on any atom is 0.292 e. The minimum absolute atomic E-state index is 0.152. The van der Waals surface area contributed by atoms with Gasteiger partial charge in [0.15, 0.2) is 0 Å². The minimum Gasteiger partial charge on any atom is -0.363 e. The standard InChI is InChI=1S/C15H23ClN2O2/c1-4-6-9-17(12(3)5-2)14-8-7-13(11-16)10-15(14)18(19)20/h7-8,10,12H,4-6,9,11H2,1-3H3. The number of unbranched alkanes of at least 4 members (excludes halogenated alkanes) is 1. The highest BCUT2D eigenvalue weighted by Gasteiger charge is 2.22. The van der Waals surface area contributed by atoms with Crippen LogP contribution in [-0.4, -0.2) is 17.5 Å². The third-order valence-corrected chi connectivity index (χ3v) is 3.88. The molecule has 20 heavy (non-hydrogen) atoms. The number of rotatable bonds is 8. The molecule has 0 aliphatic heterocycles. The second kappa shape index (κ2) is 8.10. The molecule has 0 radical (unpaired) electrons. The van der Waals surface area contributed by atoms with Gasteiger partial charge in [0.05, 0.1) is 4.92 Å². The summed E-state index contributed by atoms with van der Waals surface area (Å²) in [7, 11) is 0. The molecule has 0 amide bonds. The molecule has 1 aromatic carbocycles. The van der Waals surface area contributed by atoms with Gasteiger partial charge in [-0.1, -0.05) is 26.3 Å². The fraction of sp³-hybridized carbons (Fsp3) is 0.600. The van der Waals surface area contributed by atoms with Gasteiger partial charge < -0.3 is 4.90 Å². The van der Waals surface area contributed by atoms with Gasteiger partial charge in [-0.2, -0.15) is 0 Å². The minimum atomic E-state index is -0.313. The molecule has 1 atom stereocenters. The highest BCUT2D eigenvalue weighted by Crippen LogP contribution is 2.32. The second-order valence-corrected chi connectivity index (χ2v) is 5.29. The third-order valence-electron chi connectivity index (χ3n) is 3.58. The summed E-state index contributed by atoms with van der Waals surface area (Å²) in [5, 5.41) is 11.3. The molecule has 0 fully saturated rings. The molecule has 5 heteroatoms. The number of benzene rings is 1. The number of nitro benzene ring substituents is 1. The van der Waals surface area contributed by atoms with Gasteiger partial charge in [-0.25, -0.2) is 0 Å². The van der Waals surface area contributed by atoms with Crippen LogP contribution in [0.25, 0.3) is 0 Å². The van der Waals surface area contributed by atoms with Crippen molar-refractivity contribution < 1.29 is 4.92 Å². The van der Waals surface area contributed by atoms with Crippen molar-refractivity contribution in [2.75, 3.05) is 11.4 Å². The summed E-state index contributed by atoms with van der Waals surface area (Å²) in [6, 6.07) is 5.57. The Bertz CT molecular complexity index is 451. The molecule has 0 N–H and O–H groups in total. The predicted molar refractivity (Wildman–Crippen MR) is 84.7 cm³/mol. The van der Waals surface area contributed by atoms with Crippen LogP contribution < -0.4 is 4.90 Å². The molecule has 0 bridgehead atoms. The molecular formula is C15H23ClN2O2. The van der Waals surface area contributed by atoms with Crippen molar-refractivity contribution in [1.82, 2.24) is 0 Å². The van der Waals surface area contributed by atoms with E-state index < -0.39 is 0 Å². The molecule has 1 aromatic rings. The highest BCUT2D eigenvalue weighted by atomic mass is 35.5. The van der Waals surface area contributed by atoms with E-state index in [2.05, 4.69) is 25.7 Å². The van der Waals surface area contributed by atoms with Gasteiger partial charge in [-0.3, -0.25) is 10.1 Å². The maximum atomic E-state index is 11.3. The lowest BCUT2D eigenvalue weighted by Crippen LogP contribution is -2.34. The number of alkyl halides is 1. The monoisotopic (exact) mass is 298 g/mol. The fourth-order valence-corrected chi connectivity index (χ4v) is 2.33. The smallest absolute Gasteiger partial charge is 0.292 e. The summed E-state index contributed by atoms with van der Waals surface area (Å²) in [5.74, 6) is 0.291. The summed E-state index contributed by atoms with van der Waals surface area (Å²) in [6.07, 6.45) is 3.05. The normalized spacial score (nSPS) is 12.2. The molecule has 0 aliphatic rings. The maximum absolute atomic E-state index is 11.3. The molecular weight excluding hydrogens is 276 g/mol. The van der Waals surface area contributed by atoms with Crippen LogP contribution in [0.2, 0.25) is 0 Å². The van der Waals surface area contributed by atoms with Gasteiger partial charge in [0.25, 0.3) is 5.69 Å². The first-order valence-corrected chi connectivity index (χ1v) is 7.68. The zero-order valence-electron chi connectivity index (χ0n) is 12.4. The van der Waals surface area contributed by atoms with Crippen LogP contribution in [0.5, 0.6) is 0 Å². The Balaban J connectivity index is 3.20. The van der Waals surface area contributed by atoms with Crippen molar-refractivity contribution >= 4 is 23.0 Å². The summed E-state index contributed by atoms with van der Waals surface area (Å²) in [6.45, 7) is 7.17. The first kappa shape index (κ1) is 16.8. The lowest BCUT2D eigenvalue weighted by Gasteiger charge is -2.30. The number of nitrogens with zero attached hydrogens (tertiary/aromatic N) is 2. The second-order valence-electron chi connectivity index (χ2n) is 5.02. The van der Waals surface area contributed by atoms with Crippen LogP contribution in [0.3, 0.4) is 0 Å². The predicted octanol–water partition coefficient (Wildman–Crippen LogP) is 4.74. The van der Waals surface area contributed by atoms with Gasteiger partial charge in [0, 0.05) is 24.5 Å². The Labute approximate surface area is 125 Å². The van der Waals surface area contributed by atoms with Crippen molar-refractivity contribution in [3.05, 3.63) is 33.9 Å². The van der Waals surface area contributed by atoms with Crippen LogP contribution in [0.15, 0.2) is 18.2 Å². The first-order valence-electron chi connectivity index (χ1n) is 7.15. The zero-order chi connectivity index (χ0) is 15.1. The Morgan fingerprint density at radius 3 is 2.60 bits per heavy atom. The molecule has 0 saturated heterocycles. The molecule has 0 aromatic heterocycles. The van der Waals surface area contributed by atoms with Gasteiger partial charge in [-0.15, -0.1) is 11.6 Å². The summed E-state index contributed by atoms with van der Waals surface area (Å²) in [5.41, 5.74) is 1.63. The summed E-state index contributed by atoms with van der Waals surface area (Å²) in [4.78, 5) is 13.1. The van der Waals surface area contributed by atoms with Crippen molar-refractivity contribution in [2.45, 2.75) is 52.0 Å². The van der Waals surface area contributed by atoms with Crippen LogP contribution in [0, 0.1) is 10.1 Å². The molecule has 112 valence electrons. The van der Waals surface area contributed by atoms with E-state index in [0.717, 1.165) is 31.4 Å². The molecule has 4 nitrogen and oxygen atoms in total. The number of hydrogen-bond acceptors (Lipinski definition) is 3. The SMILES string of the molecule is CCCCN(c1ccc(CCl)cc1[N+](=O)[O-])C(C)CC. The van der Waals surface area contributed by atoms with Gasteiger partial charge in [0.1, 0.15) is 5.69 Å². The van der Waals surface area contributed by atoms with E-state index in [4.69, 9.17) is 11.6 Å². The quantitative estimate of drug-likeness (QED) is 0.396. The molecule has 0 heterocycles. The summed E-state index contributed by atoms with van der Waals surface area (Å²) < 4.78 is 0. The lowest BCUT2D eigenvalue weighted by molar-refractivity contribution is -0.384. The number of anilines is 1. The Morgan fingerprint density at radius 1 is 1.40 bits per heavy atom. The van der Waals surface area contributed by atoms with Crippen molar-refractivity contribution in [2.24, 2.45) is 0 Å². The summed E-state index contributed by atoms with van der Waals surface area (Å²) >= 11 is 5.77. The van der Waals surface area contributed by atoms with Crippen LogP contribution in [0.1, 0.15) is 45.6 Å². The van der Waals surface area contributed by atoms with Crippen LogP contribution >= 0.6 is 11.6 Å². The Morgan fingerprint density at radius 2 is 2.10 bits per heavy atom. The largest absolute Gasteiger partial charge is 0.363 e. The van der Waals surface area contributed by atoms with Crippen molar-refractivity contribution in [3.63, 3.8) is 0 Å². The third kappa shape index (κ3) is 4.10. The molecule has 1 unspecified atom stereocenters. The number of hydrogen-bond donors (Lipinski definition) is 0. The number of nitro groups is 1. The van der Waals surface area contributed by atoms with E-state index in [1.54, 1.807) is 6.07 Å². The van der Waals surface area contributed by atoms with Gasteiger partial charge in [0.2, 0.25) is 0 Å². The topological polar surface area (TPSA) is 46.4 Å². The van der Waals surface area contributed by atoms with E-state index in [9.17, 15) is 10.1 Å². The number of halogens is 1. The van der Waals surface area contributed by atoms with Crippen LogP contribution in [0.4, 0.5) is 11.4 Å². The Hall–Kier alpha value is -1.29. The fourth-order valence-electron chi connectivity index (χ4n) is 2.17.